The number of hydrogen-bond donors (Lipinski definition) is 1. The molecule has 1 amide bonds. The third kappa shape index (κ3) is 2.51. The van der Waals surface area contributed by atoms with Gasteiger partial charge in [-0.15, -0.1) is 0 Å². The molecule has 0 aliphatic rings. The van der Waals surface area contributed by atoms with E-state index in [0.717, 1.165) is 0 Å². The van der Waals surface area contributed by atoms with Crippen LogP contribution in [0, 0.1) is 5.21 Å². The van der Waals surface area contributed by atoms with Crippen molar-refractivity contribution >= 4 is 22.9 Å². The maximum atomic E-state index is 12.1. The van der Waals surface area contributed by atoms with Gasteiger partial charge in [-0.1, -0.05) is 12.1 Å². The van der Waals surface area contributed by atoms with Crippen molar-refractivity contribution < 1.29 is 19.1 Å². The monoisotopic (exact) mass is 275 g/mol. The molecule has 0 saturated heterocycles. The summed E-state index contributed by atoms with van der Waals surface area (Å²) in [6, 6.07) is 5.81. The van der Waals surface area contributed by atoms with Crippen LogP contribution in [0.25, 0.3) is 11.0 Å². The highest BCUT2D eigenvalue weighted by Gasteiger charge is 2.23. The SMILES string of the molecule is COC(=O)C(C)NC(=O)c1cnc2ccccc2[n+]1[O-]. The number of carbonyl (C=O) groups is 2. The van der Waals surface area contributed by atoms with Gasteiger partial charge in [0.2, 0.25) is 5.52 Å². The van der Waals surface area contributed by atoms with Crippen molar-refractivity contribution in [2.45, 2.75) is 13.0 Å². The minimum atomic E-state index is -0.848. The summed E-state index contributed by atoms with van der Waals surface area (Å²) in [5, 5.41) is 14.5. The summed E-state index contributed by atoms with van der Waals surface area (Å²) in [5.74, 6) is -1.28. The molecule has 1 aromatic heterocycles. The lowest BCUT2D eigenvalue weighted by Crippen LogP contribution is -2.45. The first-order valence-electron chi connectivity index (χ1n) is 5.90. The van der Waals surface area contributed by atoms with Crippen molar-refractivity contribution in [3.05, 3.63) is 41.4 Å². The summed E-state index contributed by atoms with van der Waals surface area (Å²) in [6.45, 7) is 1.47. The van der Waals surface area contributed by atoms with E-state index >= 15 is 0 Å². The molecular weight excluding hydrogens is 262 g/mol. The van der Waals surface area contributed by atoms with Crippen LogP contribution in [0.4, 0.5) is 0 Å². The zero-order valence-corrected chi connectivity index (χ0v) is 11.0. The normalized spacial score (nSPS) is 11.9. The van der Waals surface area contributed by atoms with Crippen molar-refractivity contribution in [3.63, 3.8) is 0 Å². The molecule has 2 aromatic rings. The molecule has 1 aromatic carbocycles. The maximum Gasteiger partial charge on any atom is 0.328 e. The molecule has 7 nitrogen and oxygen atoms in total. The van der Waals surface area contributed by atoms with Gasteiger partial charge in [-0.05, 0) is 13.0 Å². The third-order valence-corrected chi connectivity index (χ3v) is 2.78. The van der Waals surface area contributed by atoms with Crippen molar-refractivity contribution in [2.24, 2.45) is 0 Å². The number of rotatable bonds is 3. The third-order valence-electron chi connectivity index (χ3n) is 2.78. The summed E-state index contributed by atoms with van der Waals surface area (Å²) in [4.78, 5) is 27.2. The highest BCUT2D eigenvalue weighted by atomic mass is 16.5. The van der Waals surface area contributed by atoms with E-state index in [1.54, 1.807) is 24.3 Å². The number of fused-ring (bicyclic) bond motifs is 1. The number of para-hydroxylation sites is 2. The van der Waals surface area contributed by atoms with Gasteiger partial charge in [0, 0.05) is 6.07 Å². The molecule has 0 radical (unpaired) electrons. The average molecular weight is 275 g/mol. The number of esters is 1. The summed E-state index contributed by atoms with van der Waals surface area (Å²) in [5.41, 5.74) is 0.588. The summed E-state index contributed by atoms with van der Waals surface area (Å²) < 4.78 is 4.98. The number of amides is 1. The maximum absolute atomic E-state index is 12.1. The van der Waals surface area contributed by atoms with Crippen LogP contribution in [0.15, 0.2) is 30.5 Å². The molecule has 0 aliphatic carbocycles. The van der Waals surface area contributed by atoms with Gasteiger partial charge in [0.15, 0.2) is 0 Å². The second-order valence-corrected chi connectivity index (χ2v) is 4.14. The van der Waals surface area contributed by atoms with Crippen molar-refractivity contribution in [1.82, 2.24) is 10.3 Å². The molecule has 1 heterocycles. The molecule has 1 unspecified atom stereocenters. The molecular formula is C13H13N3O4. The lowest BCUT2D eigenvalue weighted by atomic mass is 10.2. The van der Waals surface area contributed by atoms with Crippen molar-refractivity contribution in [2.75, 3.05) is 7.11 Å². The number of benzene rings is 1. The van der Waals surface area contributed by atoms with Gasteiger partial charge in [0.1, 0.15) is 17.8 Å². The molecule has 0 fully saturated rings. The number of methoxy groups -OCH3 is 1. The number of nitrogens with one attached hydrogen (secondary N) is 1. The Morgan fingerprint density at radius 3 is 2.80 bits per heavy atom. The first-order valence-corrected chi connectivity index (χ1v) is 5.90. The van der Waals surface area contributed by atoms with E-state index < -0.39 is 17.9 Å². The predicted molar refractivity (Wildman–Crippen MR) is 69.6 cm³/mol. The number of hydrogen-bond acceptors (Lipinski definition) is 5. The van der Waals surface area contributed by atoms with Gasteiger partial charge in [-0.25, -0.2) is 9.78 Å². The summed E-state index contributed by atoms with van der Waals surface area (Å²) in [7, 11) is 1.22. The van der Waals surface area contributed by atoms with Crippen LogP contribution in [-0.4, -0.2) is 30.0 Å². The number of carbonyl (C=O) groups excluding carboxylic acids is 2. The molecule has 1 N–H and O–H groups in total. The Hall–Kier alpha value is -2.70. The second-order valence-electron chi connectivity index (χ2n) is 4.14. The van der Waals surface area contributed by atoms with Gasteiger partial charge < -0.3 is 15.3 Å². The average Bonchev–Trinajstić information content (AvgIpc) is 2.46. The van der Waals surface area contributed by atoms with Crippen LogP contribution in [0.2, 0.25) is 0 Å². The van der Waals surface area contributed by atoms with Gasteiger partial charge in [-0.2, -0.15) is 4.73 Å². The first-order chi connectivity index (χ1) is 9.54. The number of aromatic nitrogens is 2. The fourth-order valence-electron chi connectivity index (χ4n) is 1.72. The Balaban J connectivity index is 2.31. The molecule has 0 saturated carbocycles. The number of ether oxygens (including phenoxy) is 1. The number of nitrogens with zero attached hydrogens (tertiary/aromatic N) is 2. The van der Waals surface area contributed by atoms with Crippen LogP contribution in [0.3, 0.4) is 0 Å². The van der Waals surface area contributed by atoms with Gasteiger partial charge in [0.25, 0.3) is 0 Å². The second kappa shape index (κ2) is 5.52. The smallest absolute Gasteiger partial charge is 0.328 e. The summed E-state index contributed by atoms with van der Waals surface area (Å²) >= 11 is 0. The lowest BCUT2D eigenvalue weighted by Gasteiger charge is -2.11. The predicted octanol–water partition coefficient (Wildman–Crippen LogP) is 0.159. The Kier molecular flexibility index (Phi) is 3.79. The Morgan fingerprint density at radius 1 is 1.40 bits per heavy atom. The minimum Gasteiger partial charge on any atom is -0.618 e. The molecule has 0 spiro atoms. The van der Waals surface area contributed by atoms with E-state index in [9.17, 15) is 14.8 Å². The van der Waals surface area contributed by atoms with Gasteiger partial charge >= 0.3 is 17.6 Å². The van der Waals surface area contributed by atoms with Crippen LogP contribution in [-0.2, 0) is 9.53 Å². The molecule has 7 heteroatoms. The topological polar surface area (TPSA) is 95.2 Å². The first kappa shape index (κ1) is 13.7. The van der Waals surface area contributed by atoms with E-state index in [4.69, 9.17) is 0 Å². The molecule has 0 aliphatic heterocycles. The molecule has 104 valence electrons. The Bertz CT molecular complexity index is 672. The van der Waals surface area contributed by atoms with Crippen LogP contribution in [0.1, 0.15) is 17.4 Å². The highest BCUT2D eigenvalue weighted by molar-refractivity contribution is 5.94. The van der Waals surface area contributed by atoms with E-state index in [-0.39, 0.29) is 11.2 Å². The zero-order valence-electron chi connectivity index (χ0n) is 11.0. The van der Waals surface area contributed by atoms with E-state index in [2.05, 4.69) is 15.0 Å². The summed E-state index contributed by atoms with van der Waals surface area (Å²) in [6.07, 6.45) is 1.18. The van der Waals surface area contributed by atoms with E-state index in [1.165, 1.54) is 20.2 Å². The van der Waals surface area contributed by atoms with Crippen molar-refractivity contribution in [1.29, 1.82) is 0 Å². The Morgan fingerprint density at radius 2 is 2.10 bits per heavy atom. The highest BCUT2D eigenvalue weighted by Crippen LogP contribution is 2.06. The van der Waals surface area contributed by atoms with E-state index in [0.29, 0.717) is 10.2 Å². The molecule has 1 atom stereocenters. The lowest BCUT2D eigenvalue weighted by molar-refractivity contribution is -0.580. The Labute approximate surface area is 114 Å². The van der Waals surface area contributed by atoms with Crippen molar-refractivity contribution in [3.8, 4) is 0 Å². The standard InChI is InChI=1S/C13H13N3O4/c1-8(13(18)20-2)15-12(17)11-7-14-9-5-3-4-6-10(9)16(11)19/h3-8H,1-2H3,(H,15,17). The van der Waals surface area contributed by atoms with Gasteiger partial charge in [0.05, 0.1) is 7.11 Å². The molecule has 20 heavy (non-hydrogen) atoms. The van der Waals surface area contributed by atoms with Crippen LogP contribution in [0.5, 0.6) is 0 Å². The largest absolute Gasteiger partial charge is 0.618 e. The van der Waals surface area contributed by atoms with Crippen LogP contribution >= 0.6 is 0 Å². The fourth-order valence-corrected chi connectivity index (χ4v) is 1.72. The quantitative estimate of drug-likeness (QED) is 0.489. The fraction of sp³-hybridized carbons (Fsp3) is 0.231. The molecule has 0 bridgehead atoms. The minimum absolute atomic E-state index is 0.181. The van der Waals surface area contributed by atoms with Gasteiger partial charge in [-0.3, -0.25) is 4.79 Å². The molecule has 2 rings (SSSR count). The van der Waals surface area contributed by atoms with E-state index in [1.807, 2.05) is 0 Å². The zero-order chi connectivity index (χ0) is 14.7. The van der Waals surface area contributed by atoms with Crippen LogP contribution < -0.4 is 10.0 Å².